The summed E-state index contributed by atoms with van der Waals surface area (Å²) in [7, 11) is 1.86. The summed E-state index contributed by atoms with van der Waals surface area (Å²) in [5.74, 6) is -0.121. The first-order valence-electron chi connectivity index (χ1n) is 5.25. The Kier molecular flexibility index (Phi) is 5.52. The second kappa shape index (κ2) is 6.97. The molecule has 0 fully saturated rings. The Hall–Kier alpha value is -1.40. The monoisotopic (exact) mass is 226 g/mol. The Labute approximate surface area is 94.8 Å². The van der Waals surface area contributed by atoms with Crippen molar-refractivity contribution in [2.45, 2.75) is 6.42 Å². The number of ether oxygens (including phenoxy) is 1. The molecule has 6 heteroatoms. The number of hydrogen-bond donors (Lipinski definition) is 2. The number of amides is 1. The van der Waals surface area contributed by atoms with Crippen LogP contribution in [0.4, 0.5) is 0 Å². The molecule has 0 saturated heterocycles. The van der Waals surface area contributed by atoms with Gasteiger partial charge in [0.05, 0.1) is 12.3 Å². The molecule has 1 heterocycles. The number of aromatic nitrogens is 2. The molecule has 0 saturated carbocycles. The lowest BCUT2D eigenvalue weighted by Crippen LogP contribution is -2.30. The third-order valence-electron chi connectivity index (χ3n) is 1.97. The summed E-state index contributed by atoms with van der Waals surface area (Å²) in [6.45, 7) is 1.48. The third kappa shape index (κ3) is 4.90. The number of carbonyl (C=O) groups is 1. The fraction of sp³-hybridized carbons (Fsp3) is 0.600. The molecule has 1 aromatic rings. The van der Waals surface area contributed by atoms with E-state index >= 15 is 0 Å². The van der Waals surface area contributed by atoms with Crippen LogP contribution in [0.5, 0.6) is 0 Å². The van der Waals surface area contributed by atoms with E-state index in [0.29, 0.717) is 19.7 Å². The lowest BCUT2D eigenvalue weighted by atomic mass is 10.3. The van der Waals surface area contributed by atoms with Crippen LogP contribution in [-0.2, 0) is 23.0 Å². The van der Waals surface area contributed by atoms with E-state index in [0.717, 1.165) is 12.1 Å². The molecule has 0 unspecified atom stereocenters. The molecule has 1 amide bonds. The highest BCUT2D eigenvalue weighted by Gasteiger charge is 2.01. The molecule has 0 atom stereocenters. The molecule has 0 aromatic carbocycles. The fourth-order valence-electron chi connectivity index (χ4n) is 1.23. The summed E-state index contributed by atoms with van der Waals surface area (Å²) >= 11 is 0. The molecule has 1 aromatic heterocycles. The first-order valence-corrected chi connectivity index (χ1v) is 5.25. The molecule has 0 aliphatic heterocycles. The number of nitrogens with zero attached hydrogens (tertiary/aromatic N) is 2. The summed E-state index contributed by atoms with van der Waals surface area (Å²) in [5.41, 5.74) is 6.19. The highest BCUT2D eigenvalue weighted by Crippen LogP contribution is 1.93. The van der Waals surface area contributed by atoms with Gasteiger partial charge in [0.2, 0.25) is 5.91 Å². The quantitative estimate of drug-likeness (QED) is 0.587. The second-order valence-corrected chi connectivity index (χ2v) is 3.42. The van der Waals surface area contributed by atoms with Gasteiger partial charge in [0.25, 0.3) is 0 Å². The first kappa shape index (κ1) is 12.7. The van der Waals surface area contributed by atoms with Crippen LogP contribution in [0.25, 0.3) is 0 Å². The zero-order valence-corrected chi connectivity index (χ0v) is 9.48. The number of nitrogens with one attached hydrogen (secondary N) is 1. The predicted octanol–water partition coefficient (Wildman–Crippen LogP) is -0.946. The fourth-order valence-corrected chi connectivity index (χ4v) is 1.23. The average molecular weight is 226 g/mol. The second-order valence-electron chi connectivity index (χ2n) is 3.42. The molecule has 0 radical (unpaired) electrons. The maximum atomic E-state index is 11.2. The first-order chi connectivity index (χ1) is 7.72. The Morgan fingerprint density at radius 2 is 2.50 bits per heavy atom. The van der Waals surface area contributed by atoms with E-state index in [9.17, 15) is 4.79 Å². The van der Waals surface area contributed by atoms with Gasteiger partial charge in [0, 0.05) is 32.8 Å². The van der Waals surface area contributed by atoms with Gasteiger partial charge in [-0.25, -0.2) is 0 Å². The van der Waals surface area contributed by atoms with Crippen LogP contribution in [0, 0.1) is 0 Å². The number of aryl methyl sites for hydroxylation is 1. The van der Waals surface area contributed by atoms with Gasteiger partial charge >= 0.3 is 0 Å². The minimum Gasteiger partial charge on any atom is -0.370 e. The Balaban J connectivity index is 2.08. The van der Waals surface area contributed by atoms with E-state index in [2.05, 4.69) is 10.4 Å². The van der Waals surface area contributed by atoms with Crippen LogP contribution >= 0.6 is 0 Å². The number of hydrogen-bond acceptors (Lipinski definition) is 4. The van der Waals surface area contributed by atoms with Crippen LogP contribution in [0.1, 0.15) is 5.69 Å². The zero-order chi connectivity index (χ0) is 11.8. The van der Waals surface area contributed by atoms with E-state index in [1.807, 2.05) is 19.3 Å². The van der Waals surface area contributed by atoms with E-state index in [4.69, 9.17) is 10.5 Å². The van der Waals surface area contributed by atoms with Crippen molar-refractivity contribution in [1.82, 2.24) is 15.1 Å². The van der Waals surface area contributed by atoms with Gasteiger partial charge in [0.15, 0.2) is 0 Å². The highest BCUT2D eigenvalue weighted by atomic mass is 16.5. The van der Waals surface area contributed by atoms with Crippen LogP contribution in [0.15, 0.2) is 12.3 Å². The van der Waals surface area contributed by atoms with Crippen LogP contribution < -0.4 is 11.1 Å². The summed E-state index contributed by atoms with van der Waals surface area (Å²) in [6, 6.07) is 1.93. The number of carbonyl (C=O) groups excluding carboxylic acids is 1. The van der Waals surface area contributed by atoms with E-state index in [1.165, 1.54) is 0 Å². The van der Waals surface area contributed by atoms with Gasteiger partial charge in [-0.2, -0.15) is 5.10 Å². The van der Waals surface area contributed by atoms with Crippen molar-refractivity contribution in [3.8, 4) is 0 Å². The van der Waals surface area contributed by atoms with Crippen molar-refractivity contribution in [2.75, 3.05) is 26.3 Å². The molecular weight excluding hydrogens is 208 g/mol. The van der Waals surface area contributed by atoms with Crippen molar-refractivity contribution in [2.24, 2.45) is 12.8 Å². The summed E-state index contributed by atoms with van der Waals surface area (Å²) in [5, 5.41) is 6.95. The number of nitrogens with two attached hydrogens (primary N) is 1. The van der Waals surface area contributed by atoms with Gasteiger partial charge in [-0.1, -0.05) is 0 Å². The lowest BCUT2D eigenvalue weighted by Gasteiger charge is -2.04. The van der Waals surface area contributed by atoms with Gasteiger partial charge in [-0.3, -0.25) is 9.48 Å². The van der Waals surface area contributed by atoms with E-state index < -0.39 is 0 Å². The molecule has 90 valence electrons. The zero-order valence-electron chi connectivity index (χ0n) is 9.48. The standard InChI is InChI=1S/C10H18N4O2/c1-14-6-3-9(13-14)2-5-12-10(15)8-16-7-4-11/h3,6H,2,4-5,7-8,11H2,1H3,(H,12,15). The molecular formula is C10H18N4O2. The number of rotatable bonds is 7. The minimum atomic E-state index is -0.121. The summed E-state index contributed by atoms with van der Waals surface area (Å²) < 4.78 is 6.73. The van der Waals surface area contributed by atoms with Gasteiger partial charge in [0.1, 0.15) is 6.61 Å². The lowest BCUT2D eigenvalue weighted by molar-refractivity contribution is -0.125. The molecule has 0 spiro atoms. The van der Waals surface area contributed by atoms with Crippen molar-refractivity contribution < 1.29 is 9.53 Å². The summed E-state index contributed by atoms with van der Waals surface area (Å²) in [6.07, 6.45) is 2.60. The molecule has 0 aliphatic carbocycles. The van der Waals surface area contributed by atoms with Crippen molar-refractivity contribution in [1.29, 1.82) is 0 Å². The largest absolute Gasteiger partial charge is 0.370 e. The maximum Gasteiger partial charge on any atom is 0.246 e. The maximum absolute atomic E-state index is 11.2. The SMILES string of the molecule is Cn1ccc(CCNC(=O)COCCN)n1. The Bertz CT molecular complexity index is 324. The molecule has 0 aliphatic rings. The van der Waals surface area contributed by atoms with Gasteiger partial charge in [-0.05, 0) is 6.07 Å². The van der Waals surface area contributed by atoms with Gasteiger partial charge in [-0.15, -0.1) is 0 Å². The molecule has 16 heavy (non-hydrogen) atoms. The van der Waals surface area contributed by atoms with E-state index in [1.54, 1.807) is 4.68 Å². The Morgan fingerprint density at radius 3 is 3.12 bits per heavy atom. The molecule has 6 nitrogen and oxygen atoms in total. The third-order valence-corrected chi connectivity index (χ3v) is 1.97. The highest BCUT2D eigenvalue weighted by molar-refractivity contribution is 5.77. The minimum absolute atomic E-state index is 0.0689. The van der Waals surface area contributed by atoms with Crippen LogP contribution in [0.3, 0.4) is 0 Å². The van der Waals surface area contributed by atoms with Gasteiger partial charge < -0.3 is 15.8 Å². The van der Waals surface area contributed by atoms with E-state index in [-0.39, 0.29) is 12.5 Å². The molecule has 0 bridgehead atoms. The predicted molar refractivity (Wildman–Crippen MR) is 59.8 cm³/mol. The van der Waals surface area contributed by atoms with Crippen LogP contribution in [0.2, 0.25) is 0 Å². The summed E-state index contributed by atoms with van der Waals surface area (Å²) in [4.78, 5) is 11.2. The van der Waals surface area contributed by atoms with Crippen LogP contribution in [-0.4, -0.2) is 42.0 Å². The molecule has 1 rings (SSSR count). The van der Waals surface area contributed by atoms with Crippen molar-refractivity contribution in [3.05, 3.63) is 18.0 Å². The smallest absolute Gasteiger partial charge is 0.246 e. The topological polar surface area (TPSA) is 82.2 Å². The Morgan fingerprint density at radius 1 is 1.69 bits per heavy atom. The van der Waals surface area contributed by atoms with Crippen molar-refractivity contribution >= 4 is 5.91 Å². The normalized spacial score (nSPS) is 10.4. The average Bonchev–Trinajstić information content (AvgIpc) is 2.65. The van der Waals surface area contributed by atoms with Crippen molar-refractivity contribution in [3.63, 3.8) is 0 Å². The molecule has 3 N–H and O–H groups in total.